The Hall–Kier alpha value is -3.65. The molecule has 184 valence electrons. The number of para-hydroxylation sites is 1. The molecule has 1 aliphatic rings. The van der Waals surface area contributed by atoms with E-state index < -0.39 is 0 Å². The van der Waals surface area contributed by atoms with Crippen LogP contribution in [0.3, 0.4) is 0 Å². The molecular formula is C28H27ClN4O3. The van der Waals surface area contributed by atoms with Crippen LogP contribution in [-0.4, -0.2) is 46.9 Å². The maximum absolute atomic E-state index is 12.5. The summed E-state index contributed by atoms with van der Waals surface area (Å²) in [6, 6.07) is 25.0. The maximum Gasteiger partial charge on any atom is 0.277 e. The Balaban J connectivity index is 1.09. The highest BCUT2D eigenvalue weighted by molar-refractivity contribution is 6.30. The van der Waals surface area contributed by atoms with Crippen LogP contribution < -0.4 is 10.1 Å². The van der Waals surface area contributed by atoms with Gasteiger partial charge in [0.2, 0.25) is 5.89 Å². The summed E-state index contributed by atoms with van der Waals surface area (Å²) < 4.78 is 11.5. The van der Waals surface area contributed by atoms with Gasteiger partial charge in [-0.05, 0) is 54.1 Å². The molecule has 7 nitrogen and oxygen atoms in total. The van der Waals surface area contributed by atoms with Crippen molar-refractivity contribution in [2.45, 2.75) is 13.1 Å². The summed E-state index contributed by atoms with van der Waals surface area (Å²) in [4.78, 5) is 21.5. The van der Waals surface area contributed by atoms with Gasteiger partial charge in [0, 0.05) is 43.4 Å². The number of halogens is 1. The predicted octanol–water partition coefficient (Wildman–Crippen LogP) is 5.69. The molecule has 1 aromatic heterocycles. The number of hydrogen-bond donors (Lipinski definition) is 1. The lowest BCUT2D eigenvalue weighted by molar-refractivity contribution is 0.102. The third-order valence-electron chi connectivity index (χ3n) is 5.99. The Morgan fingerprint density at radius 3 is 2.33 bits per heavy atom. The number of carbonyl (C=O) groups excluding carboxylic acids is 1. The Morgan fingerprint density at radius 2 is 1.58 bits per heavy atom. The summed E-state index contributed by atoms with van der Waals surface area (Å²) in [6.07, 6.45) is 1.40. The fraction of sp³-hybridized carbons (Fsp3) is 0.214. The quantitative estimate of drug-likeness (QED) is 0.334. The molecule has 8 heteroatoms. The lowest BCUT2D eigenvalue weighted by Gasteiger charge is -2.34. The second kappa shape index (κ2) is 11.4. The van der Waals surface area contributed by atoms with Crippen LogP contribution in [-0.2, 0) is 13.1 Å². The van der Waals surface area contributed by atoms with Crippen molar-refractivity contribution < 1.29 is 13.9 Å². The minimum Gasteiger partial charge on any atom is -0.457 e. The van der Waals surface area contributed by atoms with E-state index in [1.807, 2.05) is 42.5 Å². The van der Waals surface area contributed by atoms with Gasteiger partial charge in [-0.2, -0.15) is 0 Å². The highest BCUT2D eigenvalue weighted by Crippen LogP contribution is 2.23. The van der Waals surface area contributed by atoms with Gasteiger partial charge in [-0.25, -0.2) is 4.98 Å². The van der Waals surface area contributed by atoms with E-state index in [1.165, 1.54) is 11.8 Å². The Kier molecular flexibility index (Phi) is 7.61. The van der Waals surface area contributed by atoms with E-state index in [0.29, 0.717) is 23.1 Å². The maximum atomic E-state index is 12.5. The van der Waals surface area contributed by atoms with Crippen LogP contribution in [0.15, 0.2) is 89.5 Å². The van der Waals surface area contributed by atoms with Gasteiger partial charge in [-0.3, -0.25) is 14.6 Å². The Morgan fingerprint density at radius 1 is 0.889 bits per heavy atom. The average Bonchev–Trinajstić information content (AvgIpc) is 3.36. The molecule has 1 saturated heterocycles. The molecule has 1 N–H and O–H groups in total. The summed E-state index contributed by atoms with van der Waals surface area (Å²) in [5.41, 5.74) is 2.14. The molecule has 0 spiro atoms. The molecule has 0 bridgehead atoms. The molecule has 1 fully saturated rings. The fourth-order valence-corrected chi connectivity index (χ4v) is 4.23. The summed E-state index contributed by atoms with van der Waals surface area (Å²) >= 11 is 5.89. The number of nitrogens with zero attached hydrogens (tertiary/aromatic N) is 3. The zero-order chi connectivity index (χ0) is 24.7. The number of carbonyl (C=O) groups is 1. The largest absolute Gasteiger partial charge is 0.457 e. The zero-order valence-electron chi connectivity index (χ0n) is 19.8. The van der Waals surface area contributed by atoms with Gasteiger partial charge in [0.1, 0.15) is 17.8 Å². The molecule has 2 heterocycles. The smallest absolute Gasteiger partial charge is 0.277 e. The SMILES string of the molecule is O=C(Nc1ccc(Cl)cc1)c1coc(CN2CCN(Cc3cccc(Oc4ccccc4)c3)CC2)n1. The van der Waals surface area contributed by atoms with Gasteiger partial charge in [-0.1, -0.05) is 41.9 Å². The lowest BCUT2D eigenvalue weighted by atomic mass is 10.2. The first-order chi connectivity index (χ1) is 17.6. The molecule has 0 saturated carbocycles. The van der Waals surface area contributed by atoms with E-state index in [1.54, 1.807) is 24.3 Å². The highest BCUT2D eigenvalue weighted by Gasteiger charge is 2.20. The van der Waals surface area contributed by atoms with Crippen LogP contribution in [0.25, 0.3) is 0 Å². The fourth-order valence-electron chi connectivity index (χ4n) is 4.10. The molecule has 1 aliphatic heterocycles. The van der Waals surface area contributed by atoms with Crippen LogP contribution in [0.1, 0.15) is 21.9 Å². The van der Waals surface area contributed by atoms with Crippen LogP contribution in [0.2, 0.25) is 5.02 Å². The lowest BCUT2D eigenvalue weighted by Crippen LogP contribution is -2.45. The molecule has 0 radical (unpaired) electrons. The van der Waals surface area contributed by atoms with Gasteiger partial charge < -0.3 is 14.5 Å². The number of nitrogens with one attached hydrogen (secondary N) is 1. The number of piperazine rings is 1. The molecule has 0 aliphatic carbocycles. The number of rotatable bonds is 8. The van der Waals surface area contributed by atoms with Gasteiger partial charge in [0.15, 0.2) is 5.69 Å². The molecule has 5 rings (SSSR count). The van der Waals surface area contributed by atoms with Crippen molar-refractivity contribution in [3.8, 4) is 11.5 Å². The van der Waals surface area contributed by atoms with Gasteiger partial charge in [-0.15, -0.1) is 0 Å². The van der Waals surface area contributed by atoms with Crippen molar-refractivity contribution in [2.75, 3.05) is 31.5 Å². The Bertz CT molecular complexity index is 1290. The summed E-state index contributed by atoms with van der Waals surface area (Å²) in [7, 11) is 0. The monoisotopic (exact) mass is 502 g/mol. The minimum atomic E-state index is -0.310. The number of ether oxygens (including phenoxy) is 1. The number of oxazole rings is 1. The third kappa shape index (κ3) is 6.51. The minimum absolute atomic E-state index is 0.260. The number of benzene rings is 3. The molecule has 1 amide bonds. The molecule has 0 atom stereocenters. The predicted molar refractivity (Wildman–Crippen MR) is 139 cm³/mol. The zero-order valence-corrected chi connectivity index (χ0v) is 20.5. The van der Waals surface area contributed by atoms with Crippen molar-refractivity contribution in [3.05, 3.63) is 107 Å². The highest BCUT2D eigenvalue weighted by atomic mass is 35.5. The molecule has 3 aromatic carbocycles. The molecule has 4 aromatic rings. The van der Waals surface area contributed by atoms with Crippen LogP contribution in [0.5, 0.6) is 11.5 Å². The summed E-state index contributed by atoms with van der Waals surface area (Å²) in [5, 5.41) is 3.41. The number of amides is 1. The molecule has 36 heavy (non-hydrogen) atoms. The van der Waals surface area contributed by atoms with E-state index in [2.05, 4.69) is 32.2 Å². The topological polar surface area (TPSA) is 70.8 Å². The second-order valence-corrected chi connectivity index (χ2v) is 9.14. The molecular weight excluding hydrogens is 476 g/mol. The summed E-state index contributed by atoms with van der Waals surface area (Å²) in [6.45, 7) is 5.11. The number of hydrogen-bond acceptors (Lipinski definition) is 6. The van der Waals surface area contributed by atoms with Crippen LogP contribution in [0.4, 0.5) is 5.69 Å². The van der Waals surface area contributed by atoms with Gasteiger partial charge in [0.25, 0.3) is 5.91 Å². The average molecular weight is 503 g/mol. The second-order valence-electron chi connectivity index (χ2n) is 8.70. The van der Waals surface area contributed by atoms with Crippen molar-refractivity contribution in [2.24, 2.45) is 0 Å². The van der Waals surface area contributed by atoms with Crippen molar-refractivity contribution in [1.29, 1.82) is 0 Å². The van der Waals surface area contributed by atoms with Crippen LogP contribution >= 0.6 is 11.6 Å². The van der Waals surface area contributed by atoms with E-state index >= 15 is 0 Å². The van der Waals surface area contributed by atoms with Crippen molar-refractivity contribution in [1.82, 2.24) is 14.8 Å². The van der Waals surface area contributed by atoms with Crippen molar-refractivity contribution in [3.63, 3.8) is 0 Å². The van der Waals surface area contributed by atoms with Gasteiger partial charge in [0.05, 0.1) is 6.54 Å². The first-order valence-electron chi connectivity index (χ1n) is 11.9. The number of aromatic nitrogens is 1. The van der Waals surface area contributed by atoms with Crippen LogP contribution in [0, 0.1) is 0 Å². The summed E-state index contributed by atoms with van der Waals surface area (Å²) in [5.74, 6) is 1.91. The third-order valence-corrected chi connectivity index (χ3v) is 6.25. The molecule has 0 unspecified atom stereocenters. The van der Waals surface area contributed by atoms with E-state index in [0.717, 1.165) is 44.2 Å². The Labute approximate surface area is 215 Å². The van der Waals surface area contributed by atoms with Crippen molar-refractivity contribution >= 4 is 23.2 Å². The number of anilines is 1. The first kappa shape index (κ1) is 24.1. The van der Waals surface area contributed by atoms with Gasteiger partial charge >= 0.3 is 0 Å². The van der Waals surface area contributed by atoms with E-state index in [9.17, 15) is 4.79 Å². The standard InChI is InChI=1S/C28H27ClN4O3/c29-22-9-11-23(12-10-22)30-28(34)26-20-35-27(31-26)19-33-15-13-32(14-16-33)18-21-5-4-8-25(17-21)36-24-6-2-1-3-7-24/h1-12,17,20H,13-16,18-19H2,(H,30,34). The normalized spacial score (nSPS) is 14.5. The van der Waals surface area contributed by atoms with E-state index in [4.69, 9.17) is 20.8 Å². The van der Waals surface area contributed by atoms with E-state index in [-0.39, 0.29) is 11.6 Å². The first-order valence-corrected chi connectivity index (χ1v) is 12.3.